The van der Waals surface area contributed by atoms with E-state index in [1.165, 1.54) is 12.8 Å². The number of piperidine rings is 1. The van der Waals surface area contributed by atoms with E-state index in [1.807, 2.05) is 6.20 Å². The van der Waals surface area contributed by atoms with Gasteiger partial charge in [0.25, 0.3) is 0 Å². The van der Waals surface area contributed by atoms with Gasteiger partial charge in [-0.2, -0.15) is 0 Å². The van der Waals surface area contributed by atoms with Gasteiger partial charge < -0.3 is 0 Å². The van der Waals surface area contributed by atoms with Crippen LogP contribution < -0.4 is 0 Å². The maximum atomic E-state index is 5.90. The summed E-state index contributed by atoms with van der Waals surface area (Å²) in [6.07, 6.45) is 7.14. The van der Waals surface area contributed by atoms with Crippen LogP contribution in [0, 0.1) is 0 Å². The molecule has 0 spiro atoms. The molecule has 0 saturated carbocycles. The first-order valence-electron chi connectivity index (χ1n) is 5.91. The number of nitrogens with zero attached hydrogens (tertiary/aromatic N) is 3. The molecule has 0 N–H and O–H groups in total. The van der Waals surface area contributed by atoms with Crippen molar-refractivity contribution in [2.75, 3.05) is 6.54 Å². The highest BCUT2D eigenvalue weighted by atomic mass is 35.5. The summed E-state index contributed by atoms with van der Waals surface area (Å²) >= 11 is 5.90. The molecule has 1 aromatic heterocycles. The highest BCUT2D eigenvalue weighted by Crippen LogP contribution is 2.31. The molecule has 0 aromatic carbocycles. The standard InChI is InChI=1S/C12H18ClN3/c1-9(2)16-6-4-3-5-11(16)10-7-14-8-12(13)15-10/h7-9,11H,3-6H2,1-2H3/t11-/m0/s1. The van der Waals surface area contributed by atoms with Gasteiger partial charge in [0.1, 0.15) is 5.15 Å². The lowest BCUT2D eigenvalue weighted by atomic mass is 9.98. The molecule has 0 unspecified atom stereocenters. The molecule has 1 aliphatic heterocycles. The lowest BCUT2D eigenvalue weighted by molar-refractivity contribution is 0.109. The van der Waals surface area contributed by atoms with Crippen LogP contribution in [-0.2, 0) is 0 Å². The predicted molar refractivity (Wildman–Crippen MR) is 65.5 cm³/mol. The summed E-state index contributed by atoms with van der Waals surface area (Å²) in [5, 5.41) is 0.492. The maximum absolute atomic E-state index is 5.90. The topological polar surface area (TPSA) is 29.0 Å². The molecule has 0 aliphatic carbocycles. The van der Waals surface area contributed by atoms with Gasteiger partial charge in [-0.3, -0.25) is 9.88 Å². The van der Waals surface area contributed by atoms with Crippen molar-refractivity contribution in [3.8, 4) is 0 Å². The third kappa shape index (κ3) is 2.53. The Labute approximate surface area is 102 Å². The first-order valence-corrected chi connectivity index (χ1v) is 6.29. The molecule has 0 amide bonds. The summed E-state index contributed by atoms with van der Waals surface area (Å²) in [5.41, 5.74) is 1.01. The second kappa shape index (κ2) is 5.11. The normalized spacial score (nSPS) is 22.6. The fourth-order valence-corrected chi connectivity index (χ4v) is 2.56. The molecule has 2 heterocycles. The number of likely N-dealkylation sites (tertiary alicyclic amines) is 1. The van der Waals surface area contributed by atoms with Gasteiger partial charge in [0.2, 0.25) is 0 Å². The third-order valence-corrected chi connectivity index (χ3v) is 3.35. The molecule has 4 heteroatoms. The van der Waals surface area contributed by atoms with Crippen molar-refractivity contribution >= 4 is 11.6 Å². The molecule has 1 atom stereocenters. The predicted octanol–water partition coefficient (Wildman–Crippen LogP) is 3.07. The minimum atomic E-state index is 0.389. The first-order chi connectivity index (χ1) is 7.68. The number of hydrogen-bond donors (Lipinski definition) is 0. The first kappa shape index (κ1) is 11.8. The molecule has 1 aromatic rings. The molecule has 1 saturated heterocycles. The van der Waals surface area contributed by atoms with Crippen molar-refractivity contribution in [3.63, 3.8) is 0 Å². The largest absolute Gasteiger partial charge is 0.292 e. The van der Waals surface area contributed by atoms with Gasteiger partial charge in [-0.05, 0) is 33.2 Å². The summed E-state index contributed by atoms with van der Waals surface area (Å²) < 4.78 is 0. The molecular weight excluding hydrogens is 222 g/mol. The Balaban J connectivity index is 2.23. The Kier molecular flexibility index (Phi) is 3.77. The summed E-state index contributed by atoms with van der Waals surface area (Å²) in [7, 11) is 0. The van der Waals surface area contributed by atoms with Gasteiger partial charge in [0, 0.05) is 6.04 Å². The second-order valence-electron chi connectivity index (χ2n) is 4.61. The van der Waals surface area contributed by atoms with Crippen molar-refractivity contribution in [1.29, 1.82) is 0 Å². The zero-order valence-corrected chi connectivity index (χ0v) is 10.6. The summed E-state index contributed by atoms with van der Waals surface area (Å²) in [6.45, 7) is 5.61. The zero-order valence-electron chi connectivity index (χ0n) is 9.86. The van der Waals surface area contributed by atoms with Crippen LogP contribution in [0.15, 0.2) is 12.4 Å². The highest BCUT2D eigenvalue weighted by Gasteiger charge is 2.27. The summed E-state index contributed by atoms with van der Waals surface area (Å²) in [6, 6.07) is 0.936. The Hall–Kier alpha value is -0.670. The van der Waals surface area contributed by atoms with Crippen LogP contribution >= 0.6 is 11.6 Å². The molecule has 0 radical (unpaired) electrons. The quantitative estimate of drug-likeness (QED) is 0.794. The fraction of sp³-hybridized carbons (Fsp3) is 0.667. The maximum Gasteiger partial charge on any atom is 0.147 e. The third-order valence-electron chi connectivity index (χ3n) is 3.17. The van der Waals surface area contributed by atoms with E-state index < -0.39 is 0 Å². The average molecular weight is 240 g/mol. The van der Waals surface area contributed by atoms with Crippen molar-refractivity contribution < 1.29 is 0 Å². The van der Waals surface area contributed by atoms with E-state index in [0.717, 1.165) is 18.7 Å². The van der Waals surface area contributed by atoms with Gasteiger partial charge in [-0.1, -0.05) is 18.0 Å². The molecule has 1 fully saturated rings. The number of aromatic nitrogens is 2. The van der Waals surface area contributed by atoms with Gasteiger partial charge >= 0.3 is 0 Å². The number of hydrogen-bond acceptors (Lipinski definition) is 3. The molecular formula is C12H18ClN3. The van der Waals surface area contributed by atoms with Gasteiger partial charge in [-0.25, -0.2) is 4.98 Å². The molecule has 1 aliphatic rings. The minimum Gasteiger partial charge on any atom is -0.292 e. The van der Waals surface area contributed by atoms with E-state index in [-0.39, 0.29) is 0 Å². The van der Waals surface area contributed by atoms with Gasteiger partial charge in [-0.15, -0.1) is 0 Å². The van der Waals surface area contributed by atoms with Crippen molar-refractivity contribution in [3.05, 3.63) is 23.2 Å². The van der Waals surface area contributed by atoms with E-state index in [9.17, 15) is 0 Å². The van der Waals surface area contributed by atoms with Crippen LogP contribution in [0.4, 0.5) is 0 Å². The van der Waals surface area contributed by atoms with Crippen LogP contribution in [0.5, 0.6) is 0 Å². The Bertz CT molecular complexity index is 354. The fourth-order valence-electron chi connectivity index (χ4n) is 2.41. The number of rotatable bonds is 2. The molecule has 16 heavy (non-hydrogen) atoms. The van der Waals surface area contributed by atoms with Crippen LogP contribution in [0.1, 0.15) is 44.8 Å². The second-order valence-corrected chi connectivity index (χ2v) is 5.00. The van der Waals surface area contributed by atoms with Crippen LogP contribution in [0.25, 0.3) is 0 Å². The summed E-state index contributed by atoms with van der Waals surface area (Å²) in [5.74, 6) is 0. The van der Waals surface area contributed by atoms with E-state index in [0.29, 0.717) is 17.2 Å². The molecule has 3 nitrogen and oxygen atoms in total. The SMILES string of the molecule is CC(C)N1CCCC[C@H]1c1cncc(Cl)n1. The van der Waals surface area contributed by atoms with Crippen molar-refractivity contribution in [2.45, 2.75) is 45.2 Å². The molecule has 2 rings (SSSR count). The van der Waals surface area contributed by atoms with E-state index in [2.05, 4.69) is 28.7 Å². The Morgan fingerprint density at radius 3 is 2.88 bits per heavy atom. The molecule has 88 valence electrons. The van der Waals surface area contributed by atoms with Crippen LogP contribution in [0.3, 0.4) is 0 Å². The van der Waals surface area contributed by atoms with Gasteiger partial charge in [0.05, 0.1) is 24.1 Å². The lowest BCUT2D eigenvalue weighted by Crippen LogP contribution is -2.38. The van der Waals surface area contributed by atoms with E-state index in [1.54, 1.807) is 6.20 Å². The Morgan fingerprint density at radius 1 is 1.38 bits per heavy atom. The average Bonchev–Trinajstić information content (AvgIpc) is 2.29. The smallest absolute Gasteiger partial charge is 0.147 e. The zero-order chi connectivity index (χ0) is 11.5. The number of halogens is 1. The monoisotopic (exact) mass is 239 g/mol. The van der Waals surface area contributed by atoms with E-state index in [4.69, 9.17) is 11.6 Å². The minimum absolute atomic E-state index is 0.389. The van der Waals surface area contributed by atoms with Crippen LogP contribution in [-0.4, -0.2) is 27.5 Å². The van der Waals surface area contributed by atoms with Crippen molar-refractivity contribution in [2.24, 2.45) is 0 Å². The Morgan fingerprint density at radius 2 is 2.19 bits per heavy atom. The highest BCUT2D eigenvalue weighted by molar-refractivity contribution is 6.29. The van der Waals surface area contributed by atoms with Crippen LogP contribution in [0.2, 0.25) is 5.15 Å². The molecule has 0 bridgehead atoms. The van der Waals surface area contributed by atoms with E-state index >= 15 is 0 Å². The van der Waals surface area contributed by atoms with Gasteiger partial charge in [0.15, 0.2) is 0 Å². The summed E-state index contributed by atoms with van der Waals surface area (Å²) in [4.78, 5) is 11.0. The van der Waals surface area contributed by atoms with Crippen molar-refractivity contribution in [1.82, 2.24) is 14.9 Å². The lowest BCUT2D eigenvalue weighted by Gasteiger charge is -2.38.